The fourth-order valence-electron chi connectivity index (χ4n) is 4.20. The Morgan fingerprint density at radius 3 is 2.39 bits per heavy atom. The molecule has 0 radical (unpaired) electrons. The van der Waals surface area contributed by atoms with Crippen molar-refractivity contribution in [2.24, 2.45) is 0 Å². The number of carbonyl (C=O) groups is 1. The zero-order valence-corrected chi connectivity index (χ0v) is 15.9. The molecule has 3 aliphatic rings. The molecule has 1 saturated carbocycles. The Balaban J connectivity index is 1.22. The highest BCUT2D eigenvalue weighted by molar-refractivity contribution is 6.00. The first kappa shape index (κ1) is 17.4. The van der Waals surface area contributed by atoms with E-state index in [2.05, 4.69) is 27.7 Å². The fourth-order valence-corrected chi connectivity index (χ4v) is 4.20. The van der Waals surface area contributed by atoms with Gasteiger partial charge in [-0.1, -0.05) is 12.5 Å². The van der Waals surface area contributed by atoms with Crippen LogP contribution in [-0.2, 0) is 12.8 Å². The van der Waals surface area contributed by atoms with Crippen molar-refractivity contribution in [1.82, 2.24) is 4.90 Å². The van der Waals surface area contributed by atoms with E-state index in [0.717, 1.165) is 37.7 Å². The second-order valence-corrected chi connectivity index (χ2v) is 7.75. The van der Waals surface area contributed by atoms with Gasteiger partial charge in [-0.05, 0) is 61.1 Å². The van der Waals surface area contributed by atoms with Crippen molar-refractivity contribution in [2.75, 3.05) is 30.5 Å². The molecule has 0 saturated heterocycles. The van der Waals surface area contributed by atoms with Gasteiger partial charge in [-0.15, -0.1) is 0 Å². The molecule has 2 aromatic carbocycles. The molecule has 0 unspecified atom stereocenters. The summed E-state index contributed by atoms with van der Waals surface area (Å²) < 4.78 is 10.6. The first-order valence-corrected chi connectivity index (χ1v) is 10.1. The smallest absolute Gasteiger partial charge is 0.323 e. The van der Waals surface area contributed by atoms with Crippen molar-refractivity contribution >= 4 is 17.4 Å². The van der Waals surface area contributed by atoms with Crippen LogP contribution < -0.4 is 20.1 Å². The Morgan fingerprint density at radius 1 is 0.893 bits per heavy atom. The maximum absolute atomic E-state index is 12.4. The van der Waals surface area contributed by atoms with Crippen LogP contribution in [0, 0.1) is 0 Å². The van der Waals surface area contributed by atoms with Crippen molar-refractivity contribution in [3.63, 3.8) is 0 Å². The summed E-state index contributed by atoms with van der Waals surface area (Å²) in [5, 5.41) is 5.81. The van der Waals surface area contributed by atoms with Gasteiger partial charge in [-0.3, -0.25) is 4.90 Å². The van der Waals surface area contributed by atoms with Crippen LogP contribution in [0.2, 0.25) is 0 Å². The number of nitrogens with zero attached hydrogens (tertiary/aromatic N) is 1. The molecule has 146 valence electrons. The van der Waals surface area contributed by atoms with Gasteiger partial charge < -0.3 is 20.1 Å². The van der Waals surface area contributed by atoms with Gasteiger partial charge >= 0.3 is 6.03 Å². The first-order valence-electron chi connectivity index (χ1n) is 10.1. The Labute approximate surface area is 164 Å². The number of rotatable bonds is 3. The van der Waals surface area contributed by atoms with Crippen molar-refractivity contribution in [2.45, 2.75) is 38.1 Å². The molecule has 1 fully saturated rings. The van der Waals surface area contributed by atoms with Crippen LogP contribution >= 0.6 is 0 Å². The van der Waals surface area contributed by atoms with Crippen LogP contribution in [0.3, 0.4) is 0 Å². The molecule has 6 nitrogen and oxygen atoms in total. The number of nitrogens with one attached hydrogen (secondary N) is 2. The lowest BCUT2D eigenvalue weighted by molar-refractivity contribution is 0.133. The average Bonchev–Trinajstić information content (AvgIpc) is 3.01. The van der Waals surface area contributed by atoms with Gasteiger partial charge in [0.2, 0.25) is 6.79 Å². The second-order valence-electron chi connectivity index (χ2n) is 7.75. The maximum Gasteiger partial charge on any atom is 0.323 e. The Morgan fingerprint density at radius 2 is 1.61 bits per heavy atom. The van der Waals surface area contributed by atoms with E-state index in [1.165, 1.54) is 30.4 Å². The summed E-state index contributed by atoms with van der Waals surface area (Å²) in [6, 6.07) is 12.2. The number of carbonyl (C=O) groups excluding carboxylic acids is 1. The summed E-state index contributed by atoms with van der Waals surface area (Å²) in [6.07, 6.45) is 6.22. The zero-order valence-electron chi connectivity index (χ0n) is 15.9. The van der Waals surface area contributed by atoms with Crippen LogP contribution in [0.25, 0.3) is 0 Å². The zero-order chi connectivity index (χ0) is 18.9. The van der Waals surface area contributed by atoms with E-state index in [1.807, 2.05) is 6.07 Å². The minimum Gasteiger partial charge on any atom is -0.454 e. The van der Waals surface area contributed by atoms with Crippen LogP contribution in [0.15, 0.2) is 36.4 Å². The molecule has 2 aliphatic heterocycles. The molecular weight excluding hydrogens is 354 g/mol. The molecule has 6 heteroatoms. The number of anilines is 2. The van der Waals surface area contributed by atoms with E-state index in [1.54, 1.807) is 18.2 Å². The third kappa shape index (κ3) is 3.52. The third-order valence-corrected chi connectivity index (χ3v) is 6.02. The van der Waals surface area contributed by atoms with E-state index in [9.17, 15) is 4.79 Å². The quantitative estimate of drug-likeness (QED) is 0.846. The predicted molar refractivity (Wildman–Crippen MR) is 108 cm³/mol. The minimum absolute atomic E-state index is 0.221. The summed E-state index contributed by atoms with van der Waals surface area (Å²) >= 11 is 0. The van der Waals surface area contributed by atoms with Gasteiger partial charge in [0.15, 0.2) is 11.5 Å². The van der Waals surface area contributed by atoms with Gasteiger partial charge in [-0.2, -0.15) is 0 Å². The largest absolute Gasteiger partial charge is 0.454 e. The third-order valence-electron chi connectivity index (χ3n) is 6.02. The first-order chi connectivity index (χ1) is 13.7. The van der Waals surface area contributed by atoms with E-state index in [4.69, 9.17) is 9.47 Å². The van der Waals surface area contributed by atoms with Gasteiger partial charge in [0.05, 0.1) is 0 Å². The summed E-state index contributed by atoms with van der Waals surface area (Å²) in [4.78, 5) is 15.0. The molecule has 2 aromatic rings. The van der Waals surface area contributed by atoms with Crippen molar-refractivity contribution in [3.8, 4) is 11.5 Å². The van der Waals surface area contributed by atoms with Gasteiger partial charge in [0.25, 0.3) is 0 Å². The van der Waals surface area contributed by atoms with E-state index in [-0.39, 0.29) is 12.8 Å². The highest BCUT2D eigenvalue weighted by Gasteiger charge is 2.26. The van der Waals surface area contributed by atoms with Crippen molar-refractivity contribution < 1.29 is 14.3 Å². The van der Waals surface area contributed by atoms with E-state index in [0.29, 0.717) is 17.2 Å². The number of hydrogen-bond acceptors (Lipinski definition) is 4. The van der Waals surface area contributed by atoms with Crippen molar-refractivity contribution in [1.29, 1.82) is 0 Å². The summed E-state index contributed by atoms with van der Waals surface area (Å²) in [7, 11) is 0. The lowest BCUT2D eigenvalue weighted by Gasteiger charge is -2.36. The maximum atomic E-state index is 12.4. The number of benzene rings is 2. The van der Waals surface area contributed by atoms with Crippen LogP contribution in [-0.4, -0.2) is 36.9 Å². The normalized spacial score (nSPS) is 18.7. The Kier molecular flexibility index (Phi) is 4.56. The topological polar surface area (TPSA) is 62.8 Å². The van der Waals surface area contributed by atoms with Crippen molar-refractivity contribution in [3.05, 3.63) is 47.5 Å². The minimum atomic E-state index is -0.261. The lowest BCUT2D eigenvalue weighted by Crippen LogP contribution is -2.41. The van der Waals surface area contributed by atoms with Crippen LogP contribution in [0.1, 0.15) is 30.4 Å². The molecule has 28 heavy (non-hydrogen) atoms. The van der Waals surface area contributed by atoms with E-state index < -0.39 is 0 Å². The lowest BCUT2D eigenvalue weighted by atomic mass is 9.91. The molecular formula is C22H25N3O3. The molecule has 0 bridgehead atoms. The molecule has 0 spiro atoms. The van der Waals surface area contributed by atoms with Crippen LogP contribution in [0.5, 0.6) is 11.5 Å². The summed E-state index contributed by atoms with van der Waals surface area (Å²) in [5.41, 5.74) is 4.26. The standard InChI is InChI=1S/C22H25N3O3/c26-22(24-18-6-7-20-21(13-18)28-14-27-20)23-17-5-4-15-8-10-25(19-2-1-3-19)11-9-16(15)12-17/h4-7,12-13,19H,1-3,8-11,14H2,(H2,23,24,26). The van der Waals surface area contributed by atoms with Gasteiger partial charge in [0.1, 0.15) is 0 Å². The molecule has 0 aromatic heterocycles. The molecule has 5 rings (SSSR count). The Bertz CT molecular complexity index is 895. The van der Waals surface area contributed by atoms with Crippen LogP contribution in [0.4, 0.5) is 16.2 Å². The number of ether oxygens (including phenoxy) is 2. The number of fused-ring (bicyclic) bond motifs is 2. The molecule has 1 aliphatic carbocycles. The van der Waals surface area contributed by atoms with Gasteiger partial charge in [-0.25, -0.2) is 4.79 Å². The molecule has 2 amide bonds. The van der Waals surface area contributed by atoms with E-state index >= 15 is 0 Å². The molecule has 2 heterocycles. The number of amides is 2. The predicted octanol–water partition coefficient (Wildman–Crippen LogP) is 4.01. The van der Waals surface area contributed by atoms with Gasteiger partial charge in [0, 0.05) is 36.6 Å². The average molecular weight is 379 g/mol. The second kappa shape index (κ2) is 7.36. The molecule has 2 N–H and O–H groups in total. The number of urea groups is 1. The summed E-state index contributed by atoms with van der Waals surface area (Å²) in [5.74, 6) is 1.35. The number of hydrogen-bond donors (Lipinski definition) is 2. The SMILES string of the molecule is O=C(Nc1ccc2c(c1)CCN(C1CCC1)CC2)Nc1ccc2c(c1)OCO2. The highest BCUT2D eigenvalue weighted by Crippen LogP contribution is 2.34. The fraction of sp³-hybridized carbons (Fsp3) is 0.409. The summed E-state index contributed by atoms with van der Waals surface area (Å²) in [6.45, 7) is 2.48. The monoisotopic (exact) mass is 379 g/mol. The highest BCUT2D eigenvalue weighted by atomic mass is 16.7. The Hall–Kier alpha value is -2.73. The molecule has 0 atom stereocenters.